The third kappa shape index (κ3) is 5.00. The molecule has 0 saturated carbocycles. The minimum absolute atomic E-state index is 0.390. The summed E-state index contributed by atoms with van der Waals surface area (Å²) in [4.78, 5) is 0. The van der Waals surface area contributed by atoms with Crippen molar-refractivity contribution in [3.05, 3.63) is 60.3 Å². The lowest BCUT2D eigenvalue weighted by molar-refractivity contribution is 0.110. The summed E-state index contributed by atoms with van der Waals surface area (Å²) in [6.45, 7) is 4.15. The third-order valence-corrected chi connectivity index (χ3v) is 3.71. The van der Waals surface area contributed by atoms with E-state index in [0.29, 0.717) is 32.1 Å². The molecule has 0 aliphatic heterocycles. The third-order valence-electron chi connectivity index (χ3n) is 3.71. The van der Waals surface area contributed by atoms with Crippen LogP contribution in [0.2, 0.25) is 0 Å². The van der Waals surface area contributed by atoms with Crippen LogP contribution in [0.25, 0.3) is 11.3 Å². The highest BCUT2D eigenvalue weighted by atomic mass is 16.5. The molecule has 0 fully saturated rings. The van der Waals surface area contributed by atoms with Crippen LogP contribution in [-0.4, -0.2) is 30.0 Å². The predicted molar refractivity (Wildman–Crippen MR) is 101 cm³/mol. The van der Waals surface area contributed by atoms with E-state index in [9.17, 15) is 0 Å². The lowest BCUT2D eigenvalue weighted by Crippen LogP contribution is -2.06. The summed E-state index contributed by atoms with van der Waals surface area (Å²) in [6, 6.07) is 17.1. The molecule has 0 atom stereocenters. The molecular weight excluding hydrogens is 330 g/mol. The first-order valence-electron chi connectivity index (χ1n) is 8.58. The van der Waals surface area contributed by atoms with Gasteiger partial charge < -0.3 is 19.9 Å². The molecule has 0 amide bonds. The normalized spacial score (nSPS) is 10.7. The van der Waals surface area contributed by atoms with Crippen molar-refractivity contribution in [1.82, 2.24) is 10.2 Å². The molecule has 0 saturated heterocycles. The summed E-state index contributed by atoms with van der Waals surface area (Å²) in [7, 11) is 0. The highest BCUT2D eigenvalue weighted by molar-refractivity contribution is 5.61. The van der Waals surface area contributed by atoms with Gasteiger partial charge in [0.2, 0.25) is 0 Å². The Bertz CT molecular complexity index is 832. The molecule has 0 aliphatic carbocycles. The minimum atomic E-state index is 0.390. The highest BCUT2D eigenvalue weighted by Crippen LogP contribution is 2.23. The van der Waals surface area contributed by atoms with E-state index in [4.69, 9.17) is 19.9 Å². The largest absolute Gasteiger partial charge is 0.491 e. The number of anilines is 1. The van der Waals surface area contributed by atoms with Crippen molar-refractivity contribution in [1.29, 1.82) is 0 Å². The fourth-order valence-electron chi connectivity index (χ4n) is 2.46. The number of hydrogen-bond donors (Lipinski definition) is 2. The summed E-state index contributed by atoms with van der Waals surface area (Å²) >= 11 is 0. The second kappa shape index (κ2) is 8.92. The molecule has 26 heavy (non-hydrogen) atoms. The molecule has 0 radical (unpaired) electrons. The Morgan fingerprint density at radius 3 is 2.58 bits per heavy atom. The van der Waals surface area contributed by atoms with Crippen molar-refractivity contribution < 1.29 is 14.2 Å². The van der Waals surface area contributed by atoms with E-state index in [1.54, 1.807) is 6.07 Å². The Kier molecular flexibility index (Phi) is 6.11. The number of nitrogens with one attached hydrogen (secondary N) is 1. The van der Waals surface area contributed by atoms with Crippen LogP contribution in [0.3, 0.4) is 0 Å². The van der Waals surface area contributed by atoms with Gasteiger partial charge in [-0.05, 0) is 37.3 Å². The predicted octanol–water partition coefficient (Wildman–Crippen LogP) is 3.65. The van der Waals surface area contributed by atoms with Crippen LogP contribution in [-0.2, 0) is 11.3 Å². The molecule has 6 heteroatoms. The molecule has 1 heterocycles. The number of ether oxygens (including phenoxy) is 3. The lowest BCUT2D eigenvalue weighted by atomic mass is 10.1. The Morgan fingerprint density at radius 2 is 1.77 bits per heavy atom. The molecule has 6 nitrogen and oxygen atoms in total. The van der Waals surface area contributed by atoms with Crippen LogP contribution < -0.4 is 15.2 Å². The van der Waals surface area contributed by atoms with Gasteiger partial charge in [-0.1, -0.05) is 18.2 Å². The number of nitrogens with zero attached hydrogens (tertiary/aromatic N) is 1. The fraction of sp³-hybridized carbons (Fsp3) is 0.250. The average molecular weight is 353 g/mol. The Morgan fingerprint density at radius 1 is 0.962 bits per heavy atom. The van der Waals surface area contributed by atoms with E-state index < -0.39 is 0 Å². The summed E-state index contributed by atoms with van der Waals surface area (Å²) in [5.74, 6) is 1.52. The van der Waals surface area contributed by atoms with Gasteiger partial charge in [0.25, 0.3) is 0 Å². The van der Waals surface area contributed by atoms with E-state index in [1.807, 2.05) is 55.5 Å². The van der Waals surface area contributed by atoms with Crippen LogP contribution >= 0.6 is 0 Å². The summed E-state index contributed by atoms with van der Waals surface area (Å²) in [5.41, 5.74) is 9.12. The van der Waals surface area contributed by atoms with Gasteiger partial charge in [0.05, 0.1) is 18.0 Å². The van der Waals surface area contributed by atoms with Crippen molar-refractivity contribution in [2.75, 3.05) is 25.6 Å². The number of aromatic nitrogens is 2. The average Bonchev–Trinajstić information content (AvgIpc) is 3.13. The molecule has 3 rings (SSSR count). The fourth-order valence-corrected chi connectivity index (χ4v) is 2.46. The molecule has 0 aliphatic rings. The number of benzene rings is 2. The van der Waals surface area contributed by atoms with Gasteiger partial charge in [0.15, 0.2) is 0 Å². The molecule has 0 spiro atoms. The van der Waals surface area contributed by atoms with Crippen LogP contribution in [0, 0.1) is 0 Å². The van der Waals surface area contributed by atoms with Crippen molar-refractivity contribution >= 4 is 5.69 Å². The smallest absolute Gasteiger partial charge is 0.130 e. The second-order valence-electron chi connectivity index (χ2n) is 5.71. The quantitative estimate of drug-likeness (QED) is 0.453. The SMILES string of the molecule is CCOCCOc1cccc(-c2cc(COc3cccc(N)c3)[nH]n2)c1. The number of hydrogen-bond acceptors (Lipinski definition) is 5. The zero-order chi connectivity index (χ0) is 18.2. The Hall–Kier alpha value is -2.99. The maximum Gasteiger partial charge on any atom is 0.130 e. The maximum atomic E-state index is 5.75. The monoisotopic (exact) mass is 353 g/mol. The van der Waals surface area contributed by atoms with Crippen LogP contribution in [0.4, 0.5) is 5.69 Å². The summed E-state index contributed by atoms with van der Waals surface area (Å²) in [6.07, 6.45) is 0. The van der Waals surface area contributed by atoms with Crippen LogP contribution in [0.1, 0.15) is 12.6 Å². The molecule has 3 aromatic rings. The van der Waals surface area contributed by atoms with E-state index in [2.05, 4.69) is 10.2 Å². The highest BCUT2D eigenvalue weighted by Gasteiger charge is 2.06. The summed E-state index contributed by atoms with van der Waals surface area (Å²) in [5, 5.41) is 7.36. The number of nitrogen functional groups attached to an aromatic ring is 1. The molecular formula is C20H23N3O3. The molecule has 136 valence electrons. The van der Waals surface area contributed by atoms with Gasteiger partial charge >= 0.3 is 0 Å². The molecule has 3 N–H and O–H groups in total. The van der Waals surface area contributed by atoms with Crippen molar-refractivity contribution in [2.45, 2.75) is 13.5 Å². The molecule has 0 bridgehead atoms. The van der Waals surface area contributed by atoms with E-state index in [-0.39, 0.29) is 0 Å². The second-order valence-corrected chi connectivity index (χ2v) is 5.71. The van der Waals surface area contributed by atoms with Gasteiger partial charge in [-0.3, -0.25) is 5.10 Å². The maximum absolute atomic E-state index is 5.75. The van der Waals surface area contributed by atoms with Crippen LogP contribution in [0.15, 0.2) is 54.6 Å². The molecule has 0 unspecified atom stereocenters. The topological polar surface area (TPSA) is 82.4 Å². The summed E-state index contributed by atoms with van der Waals surface area (Å²) < 4.78 is 16.7. The molecule has 1 aromatic heterocycles. The zero-order valence-electron chi connectivity index (χ0n) is 14.8. The van der Waals surface area contributed by atoms with Crippen molar-refractivity contribution in [3.63, 3.8) is 0 Å². The van der Waals surface area contributed by atoms with Gasteiger partial charge in [-0.15, -0.1) is 0 Å². The Labute approximate surface area is 152 Å². The lowest BCUT2D eigenvalue weighted by Gasteiger charge is -2.07. The number of aromatic amines is 1. The molecule has 2 aromatic carbocycles. The van der Waals surface area contributed by atoms with Gasteiger partial charge in [0, 0.05) is 23.9 Å². The number of nitrogens with two attached hydrogens (primary N) is 1. The van der Waals surface area contributed by atoms with E-state index >= 15 is 0 Å². The van der Waals surface area contributed by atoms with E-state index in [1.165, 1.54) is 0 Å². The first-order chi connectivity index (χ1) is 12.7. The standard InChI is InChI=1S/C20H23N3O3/c1-2-24-9-10-25-18-7-3-5-15(11-18)20-13-17(22-23-20)14-26-19-8-4-6-16(21)12-19/h3-8,11-13H,2,9-10,14,21H2,1H3,(H,22,23). The number of rotatable bonds is 9. The first kappa shape index (κ1) is 17.8. The number of H-pyrrole nitrogens is 1. The van der Waals surface area contributed by atoms with Crippen LogP contribution in [0.5, 0.6) is 11.5 Å². The van der Waals surface area contributed by atoms with Crippen molar-refractivity contribution in [2.24, 2.45) is 0 Å². The minimum Gasteiger partial charge on any atom is -0.491 e. The Balaban J connectivity index is 1.60. The first-order valence-corrected chi connectivity index (χ1v) is 8.58. The van der Waals surface area contributed by atoms with Crippen molar-refractivity contribution in [3.8, 4) is 22.8 Å². The van der Waals surface area contributed by atoms with Gasteiger partial charge in [-0.25, -0.2) is 0 Å². The van der Waals surface area contributed by atoms with Gasteiger partial charge in [0.1, 0.15) is 24.7 Å². The van der Waals surface area contributed by atoms with E-state index in [0.717, 1.165) is 28.5 Å². The van der Waals surface area contributed by atoms with Gasteiger partial charge in [-0.2, -0.15) is 5.10 Å². The zero-order valence-corrected chi connectivity index (χ0v) is 14.8.